The van der Waals surface area contributed by atoms with E-state index in [2.05, 4.69) is 18.0 Å². The number of nitrogens with one attached hydrogen (secondary N) is 1. The predicted octanol–water partition coefficient (Wildman–Crippen LogP) is 1.13. The minimum Gasteiger partial charge on any atom is -0.359 e. The van der Waals surface area contributed by atoms with Crippen molar-refractivity contribution in [1.82, 2.24) is 5.32 Å². The first-order valence-electron chi connectivity index (χ1n) is 4.51. The first kappa shape index (κ1) is 14.0. The van der Waals surface area contributed by atoms with Crippen LogP contribution in [0.3, 0.4) is 0 Å². The molecule has 0 bridgehead atoms. The van der Waals surface area contributed by atoms with Crippen LogP contribution in [0.5, 0.6) is 0 Å². The van der Waals surface area contributed by atoms with Gasteiger partial charge >= 0.3 is 0 Å². The number of carbonyl (C=O) groups is 1. The summed E-state index contributed by atoms with van der Waals surface area (Å²) < 4.78 is 0. The van der Waals surface area contributed by atoms with Crippen molar-refractivity contribution in [1.29, 1.82) is 0 Å². The third-order valence-corrected chi connectivity index (χ3v) is 1.68. The fourth-order valence-electron chi connectivity index (χ4n) is 0.888. The molecule has 0 saturated carbocycles. The molecule has 0 unspecified atom stereocenters. The molecule has 3 N–H and O–H groups in total. The monoisotopic (exact) mass is 174 g/mol. The van der Waals surface area contributed by atoms with Crippen molar-refractivity contribution in [3.05, 3.63) is 0 Å². The number of amides is 1. The van der Waals surface area contributed by atoms with E-state index in [1.54, 1.807) is 7.05 Å². The third kappa shape index (κ3) is 7.54. The van der Waals surface area contributed by atoms with Gasteiger partial charge in [0, 0.05) is 13.0 Å². The van der Waals surface area contributed by atoms with Crippen LogP contribution in [0.2, 0.25) is 0 Å². The highest BCUT2D eigenvalue weighted by Crippen LogP contribution is 2.06. The lowest BCUT2D eigenvalue weighted by Gasteiger charge is -2.07. The zero-order valence-electron chi connectivity index (χ0n) is 8.68. The topological polar surface area (TPSA) is 55.1 Å². The number of nitrogens with two attached hydrogens (primary N) is 1. The van der Waals surface area contributed by atoms with Crippen molar-refractivity contribution >= 4 is 5.91 Å². The Balaban J connectivity index is 0. The maximum Gasteiger partial charge on any atom is 0.222 e. The molecule has 0 spiro atoms. The maximum absolute atomic E-state index is 10.9. The molecule has 0 aromatic heterocycles. The molecular formula is C9H22N2O. The molecule has 0 saturated heterocycles. The summed E-state index contributed by atoms with van der Waals surface area (Å²) in [6.45, 7) is 4.10. The van der Waals surface area contributed by atoms with Gasteiger partial charge in [-0.2, -0.15) is 0 Å². The van der Waals surface area contributed by atoms with Gasteiger partial charge in [0.2, 0.25) is 5.91 Å². The molecule has 74 valence electrons. The molecule has 1 amide bonds. The van der Waals surface area contributed by atoms with E-state index in [0.717, 1.165) is 12.8 Å². The summed E-state index contributed by atoms with van der Waals surface area (Å²) in [5.74, 6) is 0.346. The third-order valence-electron chi connectivity index (χ3n) is 1.68. The summed E-state index contributed by atoms with van der Waals surface area (Å²) in [4.78, 5) is 10.9. The normalized spacial score (nSPS) is 11.1. The van der Waals surface area contributed by atoms with Crippen LogP contribution in [0.15, 0.2) is 0 Å². The Bertz CT molecular complexity index is 105. The van der Waals surface area contributed by atoms with E-state index in [4.69, 9.17) is 0 Å². The van der Waals surface area contributed by atoms with Crippen molar-refractivity contribution in [2.75, 3.05) is 14.1 Å². The van der Waals surface area contributed by atoms with E-state index < -0.39 is 0 Å². The molecular weight excluding hydrogens is 152 g/mol. The highest BCUT2D eigenvalue weighted by Gasteiger charge is 2.08. The van der Waals surface area contributed by atoms with Crippen LogP contribution in [0, 0.1) is 5.92 Å². The molecule has 0 aliphatic carbocycles. The number of hydrogen-bond donors (Lipinski definition) is 2. The Morgan fingerprint density at radius 2 is 2.00 bits per heavy atom. The second-order valence-electron chi connectivity index (χ2n) is 2.66. The molecule has 12 heavy (non-hydrogen) atoms. The van der Waals surface area contributed by atoms with Gasteiger partial charge in [0.1, 0.15) is 0 Å². The van der Waals surface area contributed by atoms with E-state index in [9.17, 15) is 4.79 Å². The summed E-state index contributed by atoms with van der Waals surface area (Å²) in [6.07, 6.45) is 3.33. The smallest absolute Gasteiger partial charge is 0.222 e. The zero-order chi connectivity index (χ0) is 9.98. The van der Waals surface area contributed by atoms with Crippen LogP contribution in [0.1, 0.15) is 33.1 Å². The van der Waals surface area contributed by atoms with Gasteiger partial charge in [-0.05, 0) is 13.5 Å². The van der Waals surface area contributed by atoms with E-state index in [0.29, 0.717) is 0 Å². The van der Waals surface area contributed by atoms with Crippen molar-refractivity contribution in [3.8, 4) is 0 Å². The molecule has 0 aliphatic heterocycles. The molecule has 0 aliphatic rings. The van der Waals surface area contributed by atoms with E-state index in [1.807, 2.05) is 6.92 Å². The molecule has 1 atom stereocenters. The quantitative estimate of drug-likeness (QED) is 0.671. The van der Waals surface area contributed by atoms with Gasteiger partial charge in [0.15, 0.2) is 0 Å². The Morgan fingerprint density at radius 1 is 1.50 bits per heavy atom. The Morgan fingerprint density at radius 3 is 2.33 bits per heavy atom. The number of rotatable bonds is 4. The summed E-state index contributed by atoms with van der Waals surface area (Å²) in [5.41, 5.74) is 4.50. The minimum atomic E-state index is 0.161. The van der Waals surface area contributed by atoms with Crippen LogP contribution in [-0.4, -0.2) is 20.0 Å². The highest BCUT2D eigenvalue weighted by molar-refractivity contribution is 5.77. The molecule has 0 aromatic carbocycles. The van der Waals surface area contributed by atoms with Crippen molar-refractivity contribution in [2.24, 2.45) is 11.7 Å². The van der Waals surface area contributed by atoms with Crippen molar-refractivity contribution in [3.63, 3.8) is 0 Å². The molecule has 0 heterocycles. The molecule has 3 heteroatoms. The van der Waals surface area contributed by atoms with Gasteiger partial charge in [-0.3, -0.25) is 4.79 Å². The first-order chi connectivity index (χ1) is 5.72. The molecule has 0 aromatic rings. The zero-order valence-corrected chi connectivity index (χ0v) is 8.68. The van der Waals surface area contributed by atoms with Gasteiger partial charge in [0.25, 0.3) is 0 Å². The van der Waals surface area contributed by atoms with Crippen LogP contribution in [-0.2, 0) is 4.79 Å². The first-order valence-corrected chi connectivity index (χ1v) is 4.51. The number of carbonyl (C=O) groups excluding carboxylic acids is 1. The van der Waals surface area contributed by atoms with E-state index in [-0.39, 0.29) is 11.8 Å². The molecule has 0 rings (SSSR count). The fraction of sp³-hybridized carbons (Fsp3) is 0.889. The molecule has 0 radical (unpaired) electrons. The average Bonchev–Trinajstić information content (AvgIpc) is 2.16. The average molecular weight is 174 g/mol. The highest BCUT2D eigenvalue weighted by atomic mass is 16.1. The van der Waals surface area contributed by atoms with Gasteiger partial charge in [-0.25, -0.2) is 0 Å². The van der Waals surface area contributed by atoms with E-state index >= 15 is 0 Å². The summed E-state index contributed by atoms with van der Waals surface area (Å²) in [5, 5.41) is 2.63. The van der Waals surface area contributed by atoms with E-state index in [1.165, 1.54) is 13.5 Å². The largest absolute Gasteiger partial charge is 0.359 e. The van der Waals surface area contributed by atoms with Gasteiger partial charge in [-0.1, -0.05) is 26.7 Å². The van der Waals surface area contributed by atoms with Crippen LogP contribution in [0.25, 0.3) is 0 Å². The van der Waals surface area contributed by atoms with Crippen molar-refractivity contribution in [2.45, 2.75) is 33.1 Å². The second-order valence-corrected chi connectivity index (χ2v) is 2.66. The van der Waals surface area contributed by atoms with Gasteiger partial charge in [-0.15, -0.1) is 0 Å². The fourth-order valence-corrected chi connectivity index (χ4v) is 0.888. The van der Waals surface area contributed by atoms with Crippen molar-refractivity contribution < 1.29 is 4.79 Å². The van der Waals surface area contributed by atoms with Crippen LogP contribution < -0.4 is 11.1 Å². The lowest BCUT2D eigenvalue weighted by Crippen LogP contribution is -2.25. The van der Waals surface area contributed by atoms with Crippen LogP contribution >= 0.6 is 0 Å². The second kappa shape index (κ2) is 10.4. The lowest BCUT2D eigenvalue weighted by molar-refractivity contribution is -0.124. The van der Waals surface area contributed by atoms with Gasteiger partial charge < -0.3 is 11.1 Å². The minimum absolute atomic E-state index is 0.161. The van der Waals surface area contributed by atoms with Crippen LogP contribution in [0.4, 0.5) is 0 Å². The van der Waals surface area contributed by atoms with Gasteiger partial charge in [0.05, 0.1) is 0 Å². The summed E-state index contributed by atoms with van der Waals surface area (Å²) in [7, 11) is 3.19. The maximum atomic E-state index is 10.9. The molecule has 3 nitrogen and oxygen atoms in total. The number of unbranched alkanes of at least 4 members (excludes halogenated alkanes) is 1. The summed E-state index contributed by atoms with van der Waals surface area (Å²) in [6, 6.07) is 0. The number of hydrogen-bond acceptors (Lipinski definition) is 2. The SMILES string of the molecule is CCCC[C@H](C)C(=O)NC.CN. The Kier molecular flexibility index (Phi) is 12.2. The molecule has 0 fully saturated rings. The standard InChI is InChI=1S/C8H17NO.CH5N/c1-4-5-6-7(2)8(10)9-3;1-2/h7H,4-6H2,1-3H3,(H,9,10);2H2,1H3/t7-;/m0./s1. The summed E-state index contributed by atoms with van der Waals surface area (Å²) >= 11 is 0. The Hall–Kier alpha value is -0.570. The lowest BCUT2D eigenvalue weighted by atomic mass is 10.0. The predicted molar refractivity (Wildman–Crippen MR) is 52.9 cm³/mol. The Labute approximate surface area is 75.7 Å².